The zero-order valence-corrected chi connectivity index (χ0v) is 16.5. The quantitative estimate of drug-likeness (QED) is 0.778. The van der Waals surface area contributed by atoms with Crippen molar-refractivity contribution in [2.75, 3.05) is 20.8 Å². The molecule has 0 radical (unpaired) electrons. The summed E-state index contributed by atoms with van der Waals surface area (Å²) in [5, 5.41) is 11.7. The number of nitrogens with one attached hydrogen (secondary N) is 1. The summed E-state index contributed by atoms with van der Waals surface area (Å²) in [6.07, 6.45) is 3.23. The van der Waals surface area contributed by atoms with Crippen molar-refractivity contribution in [1.82, 2.24) is 9.88 Å². The molecule has 2 aliphatic heterocycles. The van der Waals surface area contributed by atoms with Crippen LogP contribution in [0.3, 0.4) is 0 Å². The number of aromatic amines is 1. The van der Waals surface area contributed by atoms with Gasteiger partial charge in [-0.1, -0.05) is 0 Å². The third-order valence-electron chi connectivity index (χ3n) is 7.33. The number of aliphatic hydroxyl groups excluding tert-OH is 1. The van der Waals surface area contributed by atoms with Gasteiger partial charge in [-0.05, 0) is 61.3 Å². The van der Waals surface area contributed by atoms with Gasteiger partial charge in [0.05, 0.1) is 26.2 Å². The van der Waals surface area contributed by atoms with Crippen molar-refractivity contribution in [2.24, 2.45) is 17.8 Å². The molecule has 1 saturated heterocycles. The fourth-order valence-electron chi connectivity index (χ4n) is 5.92. The van der Waals surface area contributed by atoms with Crippen LogP contribution in [-0.4, -0.2) is 53.9 Å². The van der Waals surface area contributed by atoms with Crippen molar-refractivity contribution < 1.29 is 19.4 Å². The largest absolute Gasteiger partial charge is 0.497 e. The minimum Gasteiger partial charge on any atom is -0.497 e. The number of carbonyl (C=O) groups is 1. The molecule has 2 fully saturated rings. The first-order valence-corrected chi connectivity index (χ1v) is 10.3. The molecule has 1 saturated carbocycles. The minimum atomic E-state index is -0.578. The van der Waals surface area contributed by atoms with Crippen LogP contribution in [0.1, 0.15) is 30.5 Å². The molecule has 0 amide bonds. The van der Waals surface area contributed by atoms with Crippen molar-refractivity contribution in [3.8, 4) is 5.75 Å². The van der Waals surface area contributed by atoms with Gasteiger partial charge in [-0.3, -0.25) is 9.69 Å². The normalized spacial score (nSPS) is 32.3. The van der Waals surface area contributed by atoms with E-state index in [-0.39, 0.29) is 11.9 Å². The van der Waals surface area contributed by atoms with Gasteiger partial charge in [0.15, 0.2) is 0 Å². The van der Waals surface area contributed by atoms with Crippen LogP contribution in [0.2, 0.25) is 0 Å². The van der Waals surface area contributed by atoms with E-state index in [4.69, 9.17) is 9.47 Å². The molecule has 0 spiro atoms. The summed E-state index contributed by atoms with van der Waals surface area (Å²) in [5.41, 5.74) is 3.84. The second-order valence-corrected chi connectivity index (χ2v) is 8.63. The number of piperidine rings is 1. The summed E-state index contributed by atoms with van der Waals surface area (Å²) in [5.74, 6) is 0.908. The summed E-state index contributed by atoms with van der Waals surface area (Å²) in [4.78, 5) is 18.4. The lowest BCUT2D eigenvalue weighted by molar-refractivity contribution is -0.160. The van der Waals surface area contributed by atoms with E-state index in [0.717, 1.165) is 43.6 Å². The highest BCUT2D eigenvalue weighted by Gasteiger charge is 2.49. The maximum atomic E-state index is 12.3. The zero-order chi connectivity index (χ0) is 19.4. The van der Waals surface area contributed by atoms with E-state index in [0.29, 0.717) is 18.4 Å². The van der Waals surface area contributed by atoms with Gasteiger partial charge < -0.3 is 19.6 Å². The number of carbonyl (C=O) groups excluding carboxylic acids is 1. The molecule has 150 valence electrons. The van der Waals surface area contributed by atoms with E-state index in [1.807, 2.05) is 6.07 Å². The molecule has 0 unspecified atom stereocenters. The van der Waals surface area contributed by atoms with Crippen molar-refractivity contribution in [3.05, 3.63) is 29.5 Å². The Morgan fingerprint density at radius 3 is 2.93 bits per heavy atom. The highest BCUT2D eigenvalue weighted by atomic mass is 16.5. The summed E-state index contributed by atoms with van der Waals surface area (Å²) < 4.78 is 10.5. The van der Waals surface area contributed by atoms with Crippen molar-refractivity contribution in [3.63, 3.8) is 0 Å². The van der Waals surface area contributed by atoms with Gasteiger partial charge in [-0.15, -0.1) is 0 Å². The Morgan fingerprint density at radius 2 is 2.14 bits per heavy atom. The van der Waals surface area contributed by atoms with E-state index < -0.39 is 12.0 Å². The van der Waals surface area contributed by atoms with E-state index in [9.17, 15) is 9.90 Å². The number of nitrogens with zero attached hydrogens (tertiary/aromatic N) is 1. The number of methoxy groups -OCH3 is 2. The molecular formula is C22H28N2O4. The van der Waals surface area contributed by atoms with Gasteiger partial charge in [-0.25, -0.2) is 0 Å². The first-order valence-electron chi connectivity index (χ1n) is 10.3. The van der Waals surface area contributed by atoms with Gasteiger partial charge in [0.25, 0.3) is 0 Å². The molecule has 2 N–H and O–H groups in total. The Balaban J connectivity index is 1.45. The number of esters is 1. The predicted molar refractivity (Wildman–Crippen MR) is 105 cm³/mol. The lowest BCUT2D eigenvalue weighted by Gasteiger charge is -2.51. The highest BCUT2D eigenvalue weighted by Crippen LogP contribution is 2.45. The number of benzene rings is 1. The first-order chi connectivity index (χ1) is 13.6. The standard InChI is InChI=1S/C22H28N2O4/c1-27-14-4-5-18-16(9-14)15-8-13-7-12-3-6-20(25)21(22(26)28-2)17(12)10-24(13)11-19(15)23-18/h4-5,9,12-13,17,20-21,23,25H,3,6-8,10-11H2,1-2H3/t12-,13+,17+,20+,21+/m1/s1. The van der Waals surface area contributed by atoms with Crippen LogP contribution in [0.15, 0.2) is 18.2 Å². The van der Waals surface area contributed by atoms with Crippen molar-refractivity contribution >= 4 is 16.9 Å². The molecule has 0 bridgehead atoms. The summed E-state index contributed by atoms with van der Waals surface area (Å²) >= 11 is 0. The summed E-state index contributed by atoms with van der Waals surface area (Å²) in [6.45, 7) is 1.72. The average Bonchev–Trinajstić information content (AvgIpc) is 3.06. The number of hydrogen-bond donors (Lipinski definition) is 2. The van der Waals surface area contributed by atoms with Crippen LogP contribution in [0.4, 0.5) is 0 Å². The number of hydrogen-bond acceptors (Lipinski definition) is 5. The highest BCUT2D eigenvalue weighted by molar-refractivity contribution is 5.86. The number of fused-ring (bicyclic) bond motifs is 5. The number of rotatable bonds is 2. The Morgan fingerprint density at radius 1 is 1.29 bits per heavy atom. The molecule has 28 heavy (non-hydrogen) atoms. The monoisotopic (exact) mass is 384 g/mol. The van der Waals surface area contributed by atoms with Gasteiger partial charge in [0.2, 0.25) is 0 Å². The van der Waals surface area contributed by atoms with Gasteiger partial charge >= 0.3 is 5.97 Å². The van der Waals surface area contributed by atoms with Crippen LogP contribution >= 0.6 is 0 Å². The van der Waals surface area contributed by atoms with Crippen LogP contribution in [0, 0.1) is 17.8 Å². The molecule has 1 aromatic heterocycles. The number of H-pyrrole nitrogens is 1. The molecule has 3 aliphatic rings. The molecule has 5 atom stereocenters. The molecule has 1 aliphatic carbocycles. The maximum Gasteiger partial charge on any atom is 0.311 e. The van der Waals surface area contributed by atoms with Crippen LogP contribution in [-0.2, 0) is 22.5 Å². The Bertz CT molecular complexity index is 907. The molecular weight excluding hydrogens is 356 g/mol. The summed E-state index contributed by atoms with van der Waals surface area (Å²) in [7, 11) is 3.13. The van der Waals surface area contributed by atoms with E-state index >= 15 is 0 Å². The van der Waals surface area contributed by atoms with E-state index in [2.05, 4.69) is 22.0 Å². The van der Waals surface area contributed by atoms with E-state index in [1.54, 1.807) is 7.11 Å². The molecule has 5 rings (SSSR count). The summed E-state index contributed by atoms with van der Waals surface area (Å²) in [6, 6.07) is 6.71. The Labute approximate surface area is 164 Å². The number of aliphatic hydroxyl groups is 1. The zero-order valence-electron chi connectivity index (χ0n) is 16.5. The third-order valence-corrected chi connectivity index (χ3v) is 7.33. The smallest absolute Gasteiger partial charge is 0.311 e. The number of ether oxygens (including phenoxy) is 2. The Kier molecular flexibility index (Phi) is 4.36. The fraction of sp³-hybridized carbons (Fsp3) is 0.591. The molecule has 1 aromatic carbocycles. The van der Waals surface area contributed by atoms with Crippen molar-refractivity contribution in [1.29, 1.82) is 0 Å². The van der Waals surface area contributed by atoms with Crippen LogP contribution in [0.25, 0.3) is 10.9 Å². The van der Waals surface area contributed by atoms with E-state index in [1.165, 1.54) is 23.8 Å². The fourth-order valence-corrected chi connectivity index (χ4v) is 5.92. The molecule has 3 heterocycles. The van der Waals surface area contributed by atoms with Crippen LogP contribution in [0.5, 0.6) is 5.75 Å². The number of aromatic nitrogens is 1. The molecule has 6 nitrogen and oxygen atoms in total. The first kappa shape index (κ1) is 18.0. The molecule has 2 aromatic rings. The van der Waals surface area contributed by atoms with Crippen LogP contribution < -0.4 is 4.74 Å². The molecule has 6 heteroatoms. The topological polar surface area (TPSA) is 74.8 Å². The van der Waals surface area contributed by atoms with Gasteiger partial charge in [-0.2, -0.15) is 0 Å². The maximum absolute atomic E-state index is 12.3. The lowest BCUT2D eigenvalue weighted by Crippen LogP contribution is -2.56. The lowest BCUT2D eigenvalue weighted by atomic mass is 9.65. The predicted octanol–water partition coefficient (Wildman–Crippen LogP) is 2.48. The SMILES string of the molecule is COC(=O)[C@H]1[C@H]2CN3Cc4[nH]c5ccc(OC)cc5c4C[C@@H]3C[C@H]2CC[C@@H]1O. The van der Waals surface area contributed by atoms with Gasteiger partial charge in [0, 0.05) is 35.7 Å². The minimum absolute atomic E-state index is 0.179. The van der Waals surface area contributed by atoms with Gasteiger partial charge in [0.1, 0.15) is 5.75 Å². The second-order valence-electron chi connectivity index (χ2n) is 8.63. The Hall–Kier alpha value is -2.05. The third kappa shape index (κ3) is 2.73. The second kappa shape index (κ2) is 6.78. The van der Waals surface area contributed by atoms with Crippen molar-refractivity contribution in [2.45, 2.75) is 44.4 Å². The average molecular weight is 384 g/mol.